The monoisotopic (exact) mass is 1280 g/mol. The van der Waals surface area contributed by atoms with Crippen molar-refractivity contribution in [3.05, 3.63) is 364 Å². The van der Waals surface area contributed by atoms with E-state index in [0.717, 1.165) is 88.6 Å². The normalized spacial score (nSPS) is 11.2. The van der Waals surface area contributed by atoms with Gasteiger partial charge in [0.1, 0.15) is 0 Å². The van der Waals surface area contributed by atoms with Crippen LogP contribution in [-0.2, 0) is 0 Å². The molecule has 0 fully saturated rings. The lowest BCUT2D eigenvalue weighted by Gasteiger charge is -2.13. The summed E-state index contributed by atoms with van der Waals surface area (Å²) in [7, 11) is 0. The number of fused-ring (bicyclic) bond motifs is 4. The molecule has 100 heavy (non-hydrogen) atoms. The SMILES string of the molecule is c1ccc(-c2nc(-c3ccccc3)nc(-c3ccc(-c4ccc(-c5ccc(-c6cccc7cccnc67)cc5)c5ccccc45)cc3)n2)cc1.c1ccc(-c2nc(-c3ccccc3)nc(-c3ccc(-c4ccc(-c5ccc(-c6cnc7ccccc7c6)cc5)c5ccccc45)cc3)n2)cc1. The third kappa shape index (κ3) is 12.2. The number of hydrogen-bond donors (Lipinski definition) is 0. The van der Waals surface area contributed by atoms with Crippen molar-refractivity contribution >= 4 is 43.4 Å². The molecule has 468 valence electrons. The van der Waals surface area contributed by atoms with E-state index < -0.39 is 0 Å². The van der Waals surface area contributed by atoms with Crippen LogP contribution in [0.4, 0.5) is 0 Å². The van der Waals surface area contributed by atoms with Gasteiger partial charge in [-0.15, -0.1) is 0 Å². The second-order valence-corrected chi connectivity index (χ2v) is 24.6. The van der Waals surface area contributed by atoms with Crippen LogP contribution in [0, 0.1) is 0 Å². The Bertz CT molecular complexity index is 5850. The molecule has 0 atom stereocenters. The molecule has 0 spiro atoms. The van der Waals surface area contributed by atoms with Crippen molar-refractivity contribution in [2.45, 2.75) is 0 Å². The summed E-state index contributed by atoms with van der Waals surface area (Å²) in [5, 5.41) is 7.13. The summed E-state index contributed by atoms with van der Waals surface area (Å²) in [6.07, 6.45) is 3.82. The van der Waals surface area contributed by atoms with Crippen LogP contribution in [0.2, 0.25) is 0 Å². The van der Waals surface area contributed by atoms with Crippen LogP contribution in [0.5, 0.6) is 0 Å². The van der Waals surface area contributed by atoms with Gasteiger partial charge in [-0.1, -0.05) is 334 Å². The molecule has 0 unspecified atom stereocenters. The summed E-state index contributed by atoms with van der Waals surface area (Å²) >= 11 is 0. The number of nitrogens with zero attached hydrogens (tertiary/aromatic N) is 8. The maximum absolute atomic E-state index is 4.91. The number of hydrogen-bond acceptors (Lipinski definition) is 8. The Kier molecular flexibility index (Phi) is 16.2. The minimum Gasteiger partial charge on any atom is -0.256 e. The fourth-order valence-corrected chi connectivity index (χ4v) is 13.3. The van der Waals surface area contributed by atoms with Crippen LogP contribution < -0.4 is 0 Å². The van der Waals surface area contributed by atoms with E-state index in [9.17, 15) is 0 Å². The van der Waals surface area contributed by atoms with Gasteiger partial charge in [-0.25, -0.2) is 29.9 Å². The molecular formula is C92H60N8. The number of benzene rings is 14. The van der Waals surface area contributed by atoms with Gasteiger partial charge < -0.3 is 0 Å². The first kappa shape index (κ1) is 60.1. The lowest BCUT2D eigenvalue weighted by Crippen LogP contribution is -2.00. The molecule has 0 aliphatic heterocycles. The van der Waals surface area contributed by atoms with Gasteiger partial charge in [0.05, 0.1) is 11.0 Å². The first-order valence-corrected chi connectivity index (χ1v) is 33.4. The van der Waals surface area contributed by atoms with E-state index in [-0.39, 0.29) is 0 Å². The van der Waals surface area contributed by atoms with Gasteiger partial charge in [0.15, 0.2) is 34.9 Å². The first-order valence-electron chi connectivity index (χ1n) is 33.4. The van der Waals surface area contributed by atoms with E-state index in [1.54, 1.807) is 0 Å². The summed E-state index contributed by atoms with van der Waals surface area (Å²) in [4.78, 5) is 38.6. The highest BCUT2D eigenvalue weighted by molar-refractivity contribution is 6.07. The summed E-state index contributed by atoms with van der Waals surface area (Å²) in [6, 6.07) is 122. The molecule has 0 bridgehead atoms. The maximum Gasteiger partial charge on any atom is 0.164 e. The topological polar surface area (TPSA) is 103 Å². The molecule has 8 nitrogen and oxygen atoms in total. The Balaban J connectivity index is 0.000000150. The minimum atomic E-state index is 0.646. The Morgan fingerprint density at radius 2 is 0.460 bits per heavy atom. The summed E-state index contributed by atoms with van der Waals surface area (Å²) in [5.74, 6) is 3.91. The van der Waals surface area contributed by atoms with Crippen LogP contribution in [0.3, 0.4) is 0 Å². The summed E-state index contributed by atoms with van der Waals surface area (Å²) in [5.41, 5.74) is 21.7. The number of para-hydroxylation sites is 2. The van der Waals surface area contributed by atoms with E-state index in [0.29, 0.717) is 34.9 Å². The first-order chi connectivity index (χ1) is 49.5. The highest BCUT2D eigenvalue weighted by atomic mass is 15.0. The Morgan fingerprint density at radius 3 is 0.840 bits per heavy atom. The van der Waals surface area contributed by atoms with E-state index in [2.05, 4.69) is 222 Å². The molecule has 0 aliphatic carbocycles. The second-order valence-electron chi connectivity index (χ2n) is 24.6. The molecular weight excluding hydrogens is 1220 g/mol. The van der Waals surface area contributed by atoms with Crippen molar-refractivity contribution in [3.8, 4) is 135 Å². The highest BCUT2D eigenvalue weighted by Crippen LogP contribution is 2.41. The van der Waals surface area contributed by atoms with Crippen LogP contribution in [-0.4, -0.2) is 39.9 Å². The predicted octanol–water partition coefficient (Wildman–Crippen LogP) is 23.2. The van der Waals surface area contributed by atoms with Crippen molar-refractivity contribution in [1.29, 1.82) is 0 Å². The standard InChI is InChI=1S/2C46H30N4/c1-3-11-34(12-4-1)44-48-45(35-13-5-2-6-14-35)50-46(49-44)36-25-23-33(24-26-36)40-28-27-39(41-16-8-9-17-42(40)41)32-21-19-31(20-22-32)38-29-37-15-7-10-18-43(37)47-30-38;1-3-11-35(12-4-1)44-48-45(36-13-5-2-6-14-36)50-46(49-44)37-26-24-32(25-27-37)39-29-28-38(41-17-7-8-18-42(39)41)31-20-22-33(23-21-31)40-19-9-15-34-16-10-30-47-43(34)40/h2*1-30H. The highest BCUT2D eigenvalue weighted by Gasteiger charge is 2.18. The average molecular weight is 1280 g/mol. The lowest BCUT2D eigenvalue weighted by atomic mass is 9.91. The Labute approximate surface area is 579 Å². The zero-order valence-electron chi connectivity index (χ0n) is 54.2. The quantitative estimate of drug-likeness (QED) is 0.119. The van der Waals surface area contributed by atoms with Crippen LogP contribution >= 0.6 is 0 Å². The molecule has 0 saturated carbocycles. The molecule has 14 aromatic carbocycles. The molecule has 8 heteroatoms. The van der Waals surface area contributed by atoms with Crippen LogP contribution in [0.1, 0.15) is 0 Å². The van der Waals surface area contributed by atoms with Crippen molar-refractivity contribution in [1.82, 2.24) is 39.9 Å². The minimum absolute atomic E-state index is 0.646. The molecule has 18 aromatic rings. The Hall–Kier alpha value is -13.6. The molecule has 0 radical (unpaired) electrons. The van der Waals surface area contributed by atoms with Gasteiger partial charge in [-0.3, -0.25) is 9.97 Å². The third-order valence-electron chi connectivity index (χ3n) is 18.4. The number of aromatic nitrogens is 8. The molecule has 4 aromatic heterocycles. The largest absolute Gasteiger partial charge is 0.256 e. The average Bonchev–Trinajstić information content (AvgIpc) is 0.786. The lowest BCUT2D eigenvalue weighted by molar-refractivity contribution is 1.07. The number of rotatable bonds is 12. The predicted molar refractivity (Wildman–Crippen MR) is 411 cm³/mol. The fraction of sp³-hybridized carbons (Fsp3) is 0. The van der Waals surface area contributed by atoms with Crippen LogP contribution in [0.15, 0.2) is 364 Å². The molecule has 0 amide bonds. The molecule has 0 N–H and O–H groups in total. The smallest absolute Gasteiger partial charge is 0.164 e. The van der Waals surface area contributed by atoms with Crippen molar-refractivity contribution < 1.29 is 0 Å². The molecule has 18 rings (SSSR count). The van der Waals surface area contributed by atoms with Gasteiger partial charge in [0, 0.05) is 67.7 Å². The molecule has 4 heterocycles. The van der Waals surface area contributed by atoms with Crippen molar-refractivity contribution in [2.75, 3.05) is 0 Å². The van der Waals surface area contributed by atoms with Gasteiger partial charge in [0.2, 0.25) is 0 Å². The Morgan fingerprint density at radius 1 is 0.170 bits per heavy atom. The number of pyridine rings is 2. The van der Waals surface area contributed by atoms with Gasteiger partial charge in [0.25, 0.3) is 0 Å². The van der Waals surface area contributed by atoms with E-state index in [1.165, 1.54) is 54.9 Å². The van der Waals surface area contributed by atoms with Gasteiger partial charge >= 0.3 is 0 Å². The zero-order valence-corrected chi connectivity index (χ0v) is 54.2. The van der Waals surface area contributed by atoms with Crippen molar-refractivity contribution in [3.63, 3.8) is 0 Å². The summed E-state index contributed by atoms with van der Waals surface area (Å²) < 4.78 is 0. The van der Waals surface area contributed by atoms with E-state index >= 15 is 0 Å². The fourth-order valence-electron chi connectivity index (χ4n) is 13.3. The van der Waals surface area contributed by atoms with Crippen LogP contribution in [0.25, 0.3) is 178 Å². The summed E-state index contributed by atoms with van der Waals surface area (Å²) in [6.45, 7) is 0. The van der Waals surface area contributed by atoms with E-state index in [1.807, 2.05) is 152 Å². The molecule has 0 saturated heterocycles. The third-order valence-corrected chi connectivity index (χ3v) is 18.4. The van der Waals surface area contributed by atoms with Crippen molar-refractivity contribution in [2.24, 2.45) is 0 Å². The zero-order chi connectivity index (χ0) is 66.6. The van der Waals surface area contributed by atoms with E-state index in [4.69, 9.17) is 29.9 Å². The van der Waals surface area contributed by atoms with Gasteiger partial charge in [-0.05, 0) is 95.4 Å². The molecule has 0 aliphatic rings. The van der Waals surface area contributed by atoms with Gasteiger partial charge in [-0.2, -0.15) is 0 Å². The maximum atomic E-state index is 4.91. The second kappa shape index (κ2) is 26.9.